The summed E-state index contributed by atoms with van der Waals surface area (Å²) < 4.78 is 18.2. The van der Waals surface area contributed by atoms with E-state index in [0.717, 1.165) is 24.6 Å². The normalized spacial score (nSPS) is 20.3. The maximum atomic E-state index is 12.9. The van der Waals surface area contributed by atoms with Gasteiger partial charge in [-0.15, -0.1) is 24.0 Å². The molecule has 1 aliphatic rings. The van der Waals surface area contributed by atoms with Crippen molar-refractivity contribution >= 4 is 29.9 Å². The fourth-order valence-corrected chi connectivity index (χ4v) is 2.71. The number of nitrogens with one attached hydrogen (secondary N) is 2. The first kappa shape index (κ1) is 17.8. The van der Waals surface area contributed by atoms with E-state index in [2.05, 4.69) is 15.6 Å². The molecule has 0 unspecified atom stereocenters. The maximum Gasteiger partial charge on any atom is 0.191 e. The Morgan fingerprint density at radius 3 is 2.61 bits per heavy atom. The highest BCUT2D eigenvalue weighted by atomic mass is 127. The van der Waals surface area contributed by atoms with Crippen molar-refractivity contribution in [2.45, 2.75) is 31.3 Å². The number of furan rings is 1. The molecule has 6 heteroatoms. The molecule has 0 amide bonds. The number of nitrogens with zero attached hydrogens (tertiary/aromatic N) is 1. The molecule has 2 N–H and O–H groups in total. The molecule has 0 bridgehead atoms. The first-order valence-corrected chi connectivity index (χ1v) is 7.49. The average molecular weight is 429 g/mol. The Labute approximate surface area is 152 Å². The van der Waals surface area contributed by atoms with Crippen molar-refractivity contribution < 1.29 is 8.81 Å². The summed E-state index contributed by atoms with van der Waals surface area (Å²) in [7, 11) is 1.76. The van der Waals surface area contributed by atoms with E-state index in [9.17, 15) is 4.39 Å². The van der Waals surface area contributed by atoms with E-state index in [4.69, 9.17) is 4.42 Å². The Morgan fingerprint density at radius 1 is 1.26 bits per heavy atom. The Bertz CT molecular complexity index is 622. The van der Waals surface area contributed by atoms with Crippen LogP contribution in [0.5, 0.6) is 0 Å². The third-order valence-corrected chi connectivity index (χ3v) is 4.05. The Morgan fingerprint density at radius 2 is 2.00 bits per heavy atom. The van der Waals surface area contributed by atoms with E-state index in [0.29, 0.717) is 18.5 Å². The van der Waals surface area contributed by atoms with Gasteiger partial charge in [-0.2, -0.15) is 0 Å². The van der Waals surface area contributed by atoms with E-state index >= 15 is 0 Å². The van der Waals surface area contributed by atoms with Crippen LogP contribution in [-0.2, 0) is 6.54 Å². The highest BCUT2D eigenvalue weighted by Crippen LogP contribution is 2.36. The van der Waals surface area contributed by atoms with Crippen LogP contribution in [0.15, 0.2) is 52.1 Å². The molecule has 4 nitrogen and oxygen atoms in total. The molecule has 2 aromatic rings. The molecule has 0 atom stereocenters. The Kier molecular flexibility index (Phi) is 6.44. The summed E-state index contributed by atoms with van der Waals surface area (Å²) in [4.78, 5) is 4.22. The average Bonchev–Trinajstić information content (AvgIpc) is 3.00. The van der Waals surface area contributed by atoms with E-state index in [1.54, 1.807) is 13.3 Å². The number of rotatable bonds is 4. The predicted molar refractivity (Wildman–Crippen MR) is 99.6 cm³/mol. The standard InChI is InChI=1S/C17H20FN3O.HI/c1-19-17(20-11-16-3-2-8-22-16)21-15-9-13(10-15)12-4-6-14(18)7-5-12;/h2-8,13,15H,9-11H2,1H3,(H2,19,20,21);1H. The minimum atomic E-state index is -0.180. The highest BCUT2D eigenvalue weighted by Gasteiger charge is 2.30. The molecule has 23 heavy (non-hydrogen) atoms. The number of hydrogen-bond donors (Lipinski definition) is 2. The van der Waals surface area contributed by atoms with Crippen LogP contribution in [0, 0.1) is 5.82 Å². The largest absolute Gasteiger partial charge is 0.467 e. The second-order valence-electron chi connectivity index (χ2n) is 5.57. The summed E-state index contributed by atoms with van der Waals surface area (Å²) in [5, 5.41) is 6.63. The Hall–Kier alpha value is -1.57. The number of hydrogen-bond acceptors (Lipinski definition) is 2. The number of halogens is 2. The van der Waals surface area contributed by atoms with Crippen LogP contribution in [0.3, 0.4) is 0 Å². The number of guanidine groups is 1. The minimum Gasteiger partial charge on any atom is -0.467 e. The summed E-state index contributed by atoms with van der Waals surface area (Å²) >= 11 is 0. The van der Waals surface area contributed by atoms with Crippen molar-refractivity contribution in [3.8, 4) is 0 Å². The molecule has 1 aliphatic carbocycles. The predicted octanol–water partition coefficient (Wildman–Crippen LogP) is 3.65. The first-order valence-electron chi connectivity index (χ1n) is 7.49. The molecule has 0 radical (unpaired) electrons. The zero-order valence-corrected chi connectivity index (χ0v) is 15.3. The molecule has 1 aromatic heterocycles. The lowest BCUT2D eigenvalue weighted by Gasteiger charge is -2.37. The van der Waals surface area contributed by atoms with Crippen LogP contribution in [0.4, 0.5) is 4.39 Å². The van der Waals surface area contributed by atoms with E-state index in [-0.39, 0.29) is 29.8 Å². The molecule has 0 aliphatic heterocycles. The molecular weight excluding hydrogens is 408 g/mol. The highest BCUT2D eigenvalue weighted by molar-refractivity contribution is 14.0. The SMILES string of the molecule is CN=C(NCc1ccco1)NC1CC(c2ccc(F)cc2)C1.I. The lowest BCUT2D eigenvalue weighted by Crippen LogP contribution is -2.48. The zero-order chi connectivity index (χ0) is 15.4. The fourth-order valence-electron chi connectivity index (χ4n) is 2.71. The number of benzene rings is 1. The molecule has 124 valence electrons. The van der Waals surface area contributed by atoms with Gasteiger partial charge in [0.25, 0.3) is 0 Å². The van der Waals surface area contributed by atoms with Gasteiger partial charge in [-0.3, -0.25) is 4.99 Å². The van der Waals surface area contributed by atoms with Gasteiger partial charge >= 0.3 is 0 Å². The summed E-state index contributed by atoms with van der Waals surface area (Å²) in [6.07, 6.45) is 3.73. The van der Waals surface area contributed by atoms with Gasteiger partial charge in [-0.05, 0) is 48.6 Å². The lowest BCUT2D eigenvalue weighted by molar-refractivity contribution is 0.321. The van der Waals surface area contributed by atoms with Crippen LogP contribution in [-0.4, -0.2) is 19.0 Å². The van der Waals surface area contributed by atoms with E-state index < -0.39 is 0 Å². The molecule has 1 aromatic carbocycles. The van der Waals surface area contributed by atoms with Crippen molar-refractivity contribution in [3.05, 3.63) is 59.8 Å². The molecule has 1 saturated carbocycles. The summed E-state index contributed by atoms with van der Waals surface area (Å²) in [5.41, 5.74) is 1.21. The third kappa shape index (κ3) is 4.70. The van der Waals surface area contributed by atoms with Crippen molar-refractivity contribution in [2.75, 3.05) is 7.05 Å². The zero-order valence-electron chi connectivity index (χ0n) is 13.0. The van der Waals surface area contributed by atoms with Crippen molar-refractivity contribution in [3.63, 3.8) is 0 Å². The molecule has 3 rings (SSSR count). The monoisotopic (exact) mass is 429 g/mol. The lowest BCUT2D eigenvalue weighted by atomic mass is 9.76. The van der Waals surface area contributed by atoms with Gasteiger partial charge in [0.05, 0.1) is 12.8 Å². The van der Waals surface area contributed by atoms with Gasteiger partial charge in [-0.1, -0.05) is 12.1 Å². The summed E-state index contributed by atoms with van der Waals surface area (Å²) in [6.45, 7) is 0.612. The van der Waals surface area contributed by atoms with Gasteiger partial charge in [0.15, 0.2) is 5.96 Å². The van der Waals surface area contributed by atoms with Crippen molar-refractivity contribution in [2.24, 2.45) is 4.99 Å². The molecule has 1 heterocycles. The topological polar surface area (TPSA) is 49.6 Å². The molecule has 0 saturated heterocycles. The third-order valence-electron chi connectivity index (χ3n) is 4.05. The second kappa shape index (κ2) is 8.33. The number of aliphatic imine (C=N–C) groups is 1. The summed E-state index contributed by atoms with van der Waals surface area (Å²) in [5.74, 6) is 1.97. The van der Waals surface area contributed by atoms with Crippen molar-refractivity contribution in [1.29, 1.82) is 0 Å². The van der Waals surface area contributed by atoms with Crippen LogP contribution in [0.1, 0.15) is 30.1 Å². The van der Waals surface area contributed by atoms with E-state index in [1.165, 1.54) is 17.7 Å². The van der Waals surface area contributed by atoms with Gasteiger partial charge in [0.1, 0.15) is 11.6 Å². The van der Waals surface area contributed by atoms with Gasteiger partial charge in [-0.25, -0.2) is 4.39 Å². The quantitative estimate of drug-likeness (QED) is 0.443. The molecule has 0 spiro atoms. The van der Waals surface area contributed by atoms with Gasteiger partial charge in [0.2, 0.25) is 0 Å². The first-order chi connectivity index (χ1) is 10.7. The molecular formula is C17H21FIN3O. The van der Waals surface area contributed by atoms with Gasteiger partial charge < -0.3 is 15.1 Å². The van der Waals surface area contributed by atoms with Crippen LogP contribution >= 0.6 is 24.0 Å². The van der Waals surface area contributed by atoms with Crippen LogP contribution in [0.25, 0.3) is 0 Å². The van der Waals surface area contributed by atoms with Crippen molar-refractivity contribution in [1.82, 2.24) is 10.6 Å². The smallest absolute Gasteiger partial charge is 0.191 e. The second-order valence-corrected chi connectivity index (χ2v) is 5.57. The maximum absolute atomic E-state index is 12.9. The van der Waals surface area contributed by atoms with Gasteiger partial charge in [0, 0.05) is 13.1 Å². The fraction of sp³-hybridized carbons (Fsp3) is 0.353. The van der Waals surface area contributed by atoms with Crippen LogP contribution < -0.4 is 10.6 Å². The van der Waals surface area contributed by atoms with Crippen LogP contribution in [0.2, 0.25) is 0 Å². The molecule has 1 fully saturated rings. The Balaban J connectivity index is 0.00000192. The minimum absolute atomic E-state index is 0. The summed E-state index contributed by atoms with van der Waals surface area (Å²) in [6, 6.07) is 11.0. The van der Waals surface area contributed by atoms with E-state index in [1.807, 2.05) is 24.3 Å².